The number of halogens is 4. The van der Waals surface area contributed by atoms with Crippen LogP contribution in [-0.4, -0.2) is 34.6 Å². The van der Waals surface area contributed by atoms with Gasteiger partial charge in [-0.2, -0.15) is 0 Å². The summed E-state index contributed by atoms with van der Waals surface area (Å²) in [5.74, 6) is -2.12. The Morgan fingerprint density at radius 3 is 2.50 bits per heavy atom. The SMILES string of the molecule is O=C(NCc1ccc(OC(F)(F)F)cc1)[C@H]1c2c(F)cccc2C(=O)N1CCc1ccccn1. The highest BCUT2D eigenvalue weighted by Gasteiger charge is 2.42. The van der Waals surface area contributed by atoms with Crippen LogP contribution in [-0.2, 0) is 17.8 Å². The normalized spacial score (nSPS) is 15.2. The fourth-order valence-corrected chi connectivity index (χ4v) is 3.81. The molecule has 0 unspecified atom stereocenters. The number of carbonyl (C=O) groups is 2. The van der Waals surface area contributed by atoms with E-state index in [1.165, 1.54) is 35.2 Å². The zero-order valence-corrected chi connectivity index (χ0v) is 17.7. The van der Waals surface area contributed by atoms with Crippen molar-refractivity contribution in [1.82, 2.24) is 15.2 Å². The zero-order valence-electron chi connectivity index (χ0n) is 17.7. The molecule has 176 valence electrons. The summed E-state index contributed by atoms with van der Waals surface area (Å²) in [5, 5.41) is 2.65. The number of fused-ring (bicyclic) bond motifs is 1. The fourth-order valence-electron chi connectivity index (χ4n) is 3.81. The van der Waals surface area contributed by atoms with Gasteiger partial charge in [0.2, 0.25) is 5.91 Å². The molecule has 1 atom stereocenters. The van der Waals surface area contributed by atoms with Crippen molar-refractivity contribution in [2.75, 3.05) is 6.54 Å². The highest BCUT2D eigenvalue weighted by Crippen LogP contribution is 2.36. The van der Waals surface area contributed by atoms with Crippen molar-refractivity contribution in [3.05, 3.63) is 95.1 Å². The van der Waals surface area contributed by atoms with Crippen molar-refractivity contribution in [2.24, 2.45) is 0 Å². The molecule has 0 radical (unpaired) electrons. The topological polar surface area (TPSA) is 71.5 Å². The molecule has 1 aromatic heterocycles. The van der Waals surface area contributed by atoms with Gasteiger partial charge in [-0.1, -0.05) is 24.3 Å². The van der Waals surface area contributed by atoms with Gasteiger partial charge in [0.05, 0.1) is 0 Å². The standard InChI is InChI=1S/C24H19F4N3O3/c25-19-6-3-5-18-20(19)21(31(23(18)33)13-11-16-4-1-2-12-29-16)22(32)30-14-15-7-9-17(10-8-15)34-24(26,27)28/h1-10,12,21H,11,13-14H2,(H,30,32)/t21-/m1/s1. The number of hydrogen-bond acceptors (Lipinski definition) is 4. The Labute approximate surface area is 192 Å². The Bertz CT molecular complexity index is 1180. The van der Waals surface area contributed by atoms with Gasteiger partial charge >= 0.3 is 6.36 Å². The number of alkyl halides is 3. The summed E-state index contributed by atoms with van der Waals surface area (Å²) in [6, 6.07) is 13.2. The van der Waals surface area contributed by atoms with E-state index in [4.69, 9.17) is 0 Å². The first-order valence-corrected chi connectivity index (χ1v) is 10.3. The van der Waals surface area contributed by atoms with Gasteiger partial charge in [0.25, 0.3) is 5.91 Å². The Morgan fingerprint density at radius 1 is 1.06 bits per heavy atom. The molecule has 4 rings (SSSR count). The van der Waals surface area contributed by atoms with Crippen molar-refractivity contribution in [2.45, 2.75) is 25.4 Å². The molecule has 3 aromatic rings. The van der Waals surface area contributed by atoms with E-state index in [-0.39, 0.29) is 30.0 Å². The van der Waals surface area contributed by atoms with Gasteiger partial charge in [0.15, 0.2) is 0 Å². The van der Waals surface area contributed by atoms with Gasteiger partial charge in [0.1, 0.15) is 17.6 Å². The summed E-state index contributed by atoms with van der Waals surface area (Å²) in [6.45, 7) is 0.110. The quantitative estimate of drug-likeness (QED) is 0.523. The maximum absolute atomic E-state index is 14.7. The molecule has 0 saturated heterocycles. The van der Waals surface area contributed by atoms with Crippen LogP contribution in [0.2, 0.25) is 0 Å². The fraction of sp³-hybridized carbons (Fsp3) is 0.208. The lowest BCUT2D eigenvalue weighted by atomic mass is 10.0. The minimum Gasteiger partial charge on any atom is -0.406 e. The Balaban J connectivity index is 1.50. The third-order valence-electron chi connectivity index (χ3n) is 5.34. The second kappa shape index (κ2) is 9.50. The van der Waals surface area contributed by atoms with Crippen molar-refractivity contribution in [3.8, 4) is 5.75 Å². The average Bonchev–Trinajstić information content (AvgIpc) is 3.09. The van der Waals surface area contributed by atoms with Crippen LogP contribution in [0.1, 0.15) is 33.2 Å². The van der Waals surface area contributed by atoms with E-state index in [0.29, 0.717) is 17.7 Å². The summed E-state index contributed by atoms with van der Waals surface area (Å²) in [6.07, 6.45) is -2.82. The summed E-state index contributed by atoms with van der Waals surface area (Å²) in [4.78, 5) is 31.6. The number of pyridine rings is 1. The molecular weight excluding hydrogens is 454 g/mol. The van der Waals surface area contributed by atoms with Crippen LogP contribution in [0.3, 0.4) is 0 Å². The number of hydrogen-bond donors (Lipinski definition) is 1. The lowest BCUT2D eigenvalue weighted by Crippen LogP contribution is -2.40. The van der Waals surface area contributed by atoms with E-state index in [1.54, 1.807) is 24.4 Å². The van der Waals surface area contributed by atoms with Gasteiger partial charge in [-0.3, -0.25) is 14.6 Å². The molecule has 10 heteroatoms. The molecule has 0 bridgehead atoms. The summed E-state index contributed by atoms with van der Waals surface area (Å²) in [5.41, 5.74) is 1.34. The largest absolute Gasteiger partial charge is 0.573 e. The molecule has 1 N–H and O–H groups in total. The minimum absolute atomic E-state index is 0.0000500. The van der Waals surface area contributed by atoms with Crippen LogP contribution in [0.4, 0.5) is 17.6 Å². The first-order valence-electron chi connectivity index (χ1n) is 10.3. The molecule has 6 nitrogen and oxygen atoms in total. The number of aromatic nitrogens is 1. The number of rotatable bonds is 7. The van der Waals surface area contributed by atoms with Crippen LogP contribution in [0.5, 0.6) is 5.75 Å². The molecule has 0 aliphatic carbocycles. The van der Waals surface area contributed by atoms with E-state index >= 15 is 0 Å². The Kier molecular flexibility index (Phi) is 6.49. The highest BCUT2D eigenvalue weighted by molar-refractivity contribution is 6.04. The van der Waals surface area contributed by atoms with Crippen molar-refractivity contribution >= 4 is 11.8 Å². The number of nitrogens with zero attached hydrogens (tertiary/aromatic N) is 2. The summed E-state index contributed by atoms with van der Waals surface area (Å²) in [7, 11) is 0. The van der Waals surface area contributed by atoms with E-state index in [9.17, 15) is 27.2 Å². The monoisotopic (exact) mass is 473 g/mol. The predicted molar refractivity (Wildman–Crippen MR) is 113 cm³/mol. The van der Waals surface area contributed by atoms with E-state index in [1.807, 2.05) is 0 Å². The average molecular weight is 473 g/mol. The number of carbonyl (C=O) groups excluding carboxylic acids is 2. The van der Waals surface area contributed by atoms with Crippen LogP contribution in [0, 0.1) is 5.82 Å². The minimum atomic E-state index is -4.80. The lowest BCUT2D eigenvalue weighted by Gasteiger charge is -2.24. The lowest BCUT2D eigenvalue weighted by molar-refractivity contribution is -0.274. The molecular formula is C24H19F4N3O3. The van der Waals surface area contributed by atoms with Crippen LogP contribution < -0.4 is 10.1 Å². The van der Waals surface area contributed by atoms with Crippen molar-refractivity contribution in [3.63, 3.8) is 0 Å². The number of ether oxygens (including phenoxy) is 1. The van der Waals surface area contributed by atoms with Gasteiger partial charge < -0.3 is 15.0 Å². The van der Waals surface area contributed by atoms with Gasteiger partial charge in [0, 0.05) is 42.5 Å². The highest BCUT2D eigenvalue weighted by atomic mass is 19.4. The van der Waals surface area contributed by atoms with Crippen molar-refractivity contribution < 1.29 is 31.9 Å². The zero-order chi connectivity index (χ0) is 24.3. The molecule has 1 aliphatic rings. The molecule has 1 aliphatic heterocycles. The third-order valence-corrected chi connectivity index (χ3v) is 5.34. The van der Waals surface area contributed by atoms with E-state index in [0.717, 1.165) is 12.1 Å². The number of nitrogens with one attached hydrogen (secondary N) is 1. The van der Waals surface area contributed by atoms with E-state index in [2.05, 4.69) is 15.0 Å². The molecule has 2 heterocycles. The van der Waals surface area contributed by atoms with E-state index < -0.39 is 30.0 Å². The number of amides is 2. The maximum atomic E-state index is 14.7. The van der Waals surface area contributed by atoms with Crippen LogP contribution >= 0.6 is 0 Å². The Morgan fingerprint density at radius 2 is 1.82 bits per heavy atom. The summed E-state index contributed by atoms with van der Waals surface area (Å²) >= 11 is 0. The van der Waals surface area contributed by atoms with Crippen molar-refractivity contribution in [1.29, 1.82) is 0 Å². The Hall–Kier alpha value is -3.95. The van der Waals surface area contributed by atoms with Crippen LogP contribution in [0.15, 0.2) is 66.9 Å². The van der Waals surface area contributed by atoms with Gasteiger partial charge in [-0.15, -0.1) is 13.2 Å². The smallest absolute Gasteiger partial charge is 0.406 e. The molecule has 34 heavy (non-hydrogen) atoms. The molecule has 0 saturated carbocycles. The number of benzene rings is 2. The summed E-state index contributed by atoms with van der Waals surface area (Å²) < 4.78 is 55.5. The molecule has 0 fully saturated rings. The van der Waals surface area contributed by atoms with Gasteiger partial charge in [-0.05, 0) is 42.0 Å². The first kappa shape index (κ1) is 23.2. The molecule has 0 spiro atoms. The third kappa shape index (κ3) is 5.16. The second-order valence-corrected chi connectivity index (χ2v) is 7.58. The second-order valence-electron chi connectivity index (χ2n) is 7.58. The predicted octanol–water partition coefficient (Wildman–Crippen LogP) is 4.18. The first-order chi connectivity index (χ1) is 16.2. The molecule has 2 aromatic carbocycles. The molecule has 2 amide bonds. The maximum Gasteiger partial charge on any atom is 0.573 e. The van der Waals surface area contributed by atoms with Gasteiger partial charge in [-0.25, -0.2) is 4.39 Å². The van der Waals surface area contributed by atoms with Crippen LogP contribution in [0.25, 0.3) is 0 Å².